The molecule has 0 aliphatic heterocycles. The van der Waals surface area contributed by atoms with E-state index in [0.29, 0.717) is 25.0 Å². The van der Waals surface area contributed by atoms with E-state index in [2.05, 4.69) is 10.4 Å². The highest BCUT2D eigenvalue weighted by Gasteiger charge is 2.30. The van der Waals surface area contributed by atoms with E-state index in [4.69, 9.17) is 9.84 Å². The number of aromatic nitrogens is 2. The number of rotatable bonds is 5. The van der Waals surface area contributed by atoms with Gasteiger partial charge in [0.15, 0.2) is 5.69 Å². The van der Waals surface area contributed by atoms with Gasteiger partial charge in [0.2, 0.25) is 0 Å². The number of nitrogens with zero attached hydrogens (tertiary/aromatic N) is 2. The third-order valence-electron chi connectivity index (χ3n) is 4.28. The molecule has 7 nitrogen and oxygen atoms in total. The fraction of sp³-hybridized carbons (Fsp3) is 0.353. The van der Waals surface area contributed by atoms with Crippen molar-refractivity contribution in [2.75, 3.05) is 7.11 Å². The summed E-state index contributed by atoms with van der Waals surface area (Å²) in [7, 11) is 1.60. The van der Waals surface area contributed by atoms with Crippen LogP contribution in [0.2, 0.25) is 0 Å². The first-order chi connectivity index (χ1) is 11.6. The van der Waals surface area contributed by atoms with Crippen molar-refractivity contribution in [3.8, 4) is 11.4 Å². The lowest BCUT2D eigenvalue weighted by molar-refractivity contribution is -0.141. The van der Waals surface area contributed by atoms with Crippen LogP contribution < -0.4 is 10.1 Å². The number of ether oxygens (including phenoxy) is 1. The van der Waals surface area contributed by atoms with Crippen LogP contribution in [-0.2, 0) is 4.79 Å². The van der Waals surface area contributed by atoms with Crippen molar-refractivity contribution >= 4 is 11.9 Å². The van der Waals surface area contributed by atoms with E-state index in [9.17, 15) is 9.59 Å². The largest absolute Gasteiger partial charge is 0.497 e. The number of benzene rings is 1. The van der Waals surface area contributed by atoms with Gasteiger partial charge in [0.1, 0.15) is 5.75 Å². The van der Waals surface area contributed by atoms with Crippen molar-refractivity contribution in [3.05, 3.63) is 42.2 Å². The maximum atomic E-state index is 12.3. The van der Waals surface area contributed by atoms with Crippen molar-refractivity contribution in [3.63, 3.8) is 0 Å². The fourth-order valence-corrected chi connectivity index (χ4v) is 2.92. The number of carboxylic acids is 1. The van der Waals surface area contributed by atoms with E-state index in [0.717, 1.165) is 11.4 Å². The van der Waals surface area contributed by atoms with Gasteiger partial charge in [-0.25, -0.2) is 4.68 Å². The summed E-state index contributed by atoms with van der Waals surface area (Å²) in [4.78, 5) is 23.2. The third-order valence-corrected chi connectivity index (χ3v) is 4.28. The monoisotopic (exact) mass is 329 g/mol. The van der Waals surface area contributed by atoms with Crippen LogP contribution in [0.1, 0.15) is 29.8 Å². The summed E-state index contributed by atoms with van der Waals surface area (Å²) in [6, 6.07) is 8.88. The van der Waals surface area contributed by atoms with E-state index in [1.807, 2.05) is 24.3 Å². The van der Waals surface area contributed by atoms with Crippen LogP contribution in [0, 0.1) is 5.92 Å². The van der Waals surface area contributed by atoms with Crippen LogP contribution in [-0.4, -0.2) is 39.9 Å². The van der Waals surface area contributed by atoms with Crippen LogP contribution in [0.4, 0.5) is 0 Å². The molecule has 1 heterocycles. The second-order valence-electron chi connectivity index (χ2n) is 5.86. The molecule has 2 N–H and O–H groups in total. The zero-order valence-electron chi connectivity index (χ0n) is 13.3. The molecule has 24 heavy (non-hydrogen) atoms. The molecular formula is C17H19N3O4. The number of carbonyl (C=O) groups excluding carboxylic acids is 1. The molecule has 1 aliphatic rings. The zero-order chi connectivity index (χ0) is 17.1. The number of amides is 1. The molecule has 0 saturated heterocycles. The molecule has 126 valence electrons. The normalized spacial score (nSPS) is 19.9. The molecule has 1 amide bonds. The quantitative estimate of drug-likeness (QED) is 0.873. The maximum Gasteiger partial charge on any atom is 0.306 e. The highest BCUT2D eigenvalue weighted by atomic mass is 16.5. The Balaban J connectivity index is 1.64. The van der Waals surface area contributed by atoms with Crippen molar-refractivity contribution in [2.24, 2.45) is 5.92 Å². The molecular weight excluding hydrogens is 310 g/mol. The van der Waals surface area contributed by atoms with Gasteiger partial charge in [0.05, 0.1) is 18.7 Å². The summed E-state index contributed by atoms with van der Waals surface area (Å²) in [6.45, 7) is 0. The second kappa shape index (κ2) is 6.74. The molecule has 0 radical (unpaired) electrons. The van der Waals surface area contributed by atoms with Crippen LogP contribution in [0.25, 0.3) is 5.69 Å². The van der Waals surface area contributed by atoms with Gasteiger partial charge in [-0.05, 0) is 49.6 Å². The number of methoxy groups -OCH3 is 1. The predicted molar refractivity (Wildman–Crippen MR) is 86.3 cm³/mol. The number of carbonyl (C=O) groups is 2. The Labute approximate surface area is 139 Å². The van der Waals surface area contributed by atoms with Crippen molar-refractivity contribution in [1.29, 1.82) is 0 Å². The van der Waals surface area contributed by atoms with Crippen molar-refractivity contribution in [1.82, 2.24) is 15.1 Å². The van der Waals surface area contributed by atoms with Gasteiger partial charge in [-0.2, -0.15) is 5.10 Å². The Morgan fingerprint density at radius 1 is 1.25 bits per heavy atom. The Bertz CT molecular complexity index is 739. The van der Waals surface area contributed by atoms with Crippen molar-refractivity contribution in [2.45, 2.75) is 25.3 Å². The van der Waals surface area contributed by atoms with Crippen LogP contribution >= 0.6 is 0 Å². The molecule has 0 unspecified atom stereocenters. The molecule has 2 aromatic rings. The Kier molecular flexibility index (Phi) is 4.50. The highest BCUT2D eigenvalue weighted by molar-refractivity contribution is 5.92. The first-order valence-electron chi connectivity index (χ1n) is 7.80. The first-order valence-corrected chi connectivity index (χ1v) is 7.80. The molecule has 3 rings (SSSR count). The average molecular weight is 329 g/mol. The van der Waals surface area contributed by atoms with E-state index >= 15 is 0 Å². The molecule has 2 atom stereocenters. The summed E-state index contributed by atoms with van der Waals surface area (Å²) in [6.07, 6.45) is 3.47. The van der Waals surface area contributed by atoms with E-state index in [1.165, 1.54) is 0 Å². The van der Waals surface area contributed by atoms with Crippen LogP contribution in [0.15, 0.2) is 36.5 Å². The molecule has 7 heteroatoms. The van der Waals surface area contributed by atoms with Gasteiger partial charge >= 0.3 is 5.97 Å². The summed E-state index contributed by atoms with van der Waals surface area (Å²) in [5.41, 5.74) is 1.13. The van der Waals surface area contributed by atoms with E-state index in [-0.39, 0.29) is 17.9 Å². The van der Waals surface area contributed by atoms with Crippen LogP contribution in [0.3, 0.4) is 0 Å². The lowest BCUT2D eigenvalue weighted by Gasteiger charge is -2.11. The molecule has 0 bridgehead atoms. The SMILES string of the molecule is COc1ccc(-n2ccc(C(=O)N[C@@H]3CC[C@H](C(=O)O)C3)n2)cc1. The van der Waals surface area contributed by atoms with Gasteiger partial charge < -0.3 is 15.2 Å². The minimum absolute atomic E-state index is 0.107. The van der Waals surface area contributed by atoms with Gasteiger partial charge in [-0.1, -0.05) is 0 Å². The molecule has 1 aliphatic carbocycles. The average Bonchev–Trinajstić information content (AvgIpc) is 3.24. The standard InChI is InChI=1S/C17H19N3O4/c1-24-14-6-4-13(5-7-14)20-9-8-15(19-20)16(21)18-12-3-2-11(10-12)17(22)23/h4-9,11-12H,2-3,10H2,1H3,(H,18,21)(H,22,23)/t11-,12+/m0/s1. The Hall–Kier alpha value is -2.83. The molecule has 1 fully saturated rings. The zero-order valence-corrected chi connectivity index (χ0v) is 13.3. The lowest BCUT2D eigenvalue weighted by Crippen LogP contribution is -2.33. The Morgan fingerprint density at radius 2 is 2.00 bits per heavy atom. The van der Waals surface area contributed by atoms with E-state index in [1.54, 1.807) is 24.1 Å². The van der Waals surface area contributed by atoms with E-state index < -0.39 is 5.97 Å². The van der Waals surface area contributed by atoms with Crippen molar-refractivity contribution < 1.29 is 19.4 Å². The number of aliphatic carboxylic acids is 1. The fourth-order valence-electron chi connectivity index (χ4n) is 2.92. The third kappa shape index (κ3) is 3.40. The summed E-state index contributed by atoms with van der Waals surface area (Å²) >= 11 is 0. The van der Waals surface area contributed by atoms with Gasteiger partial charge in [0, 0.05) is 12.2 Å². The number of nitrogens with one attached hydrogen (secondary N) is 1. The topological polar surface area (TPSA) is 93.5 Å². The number of hydrogen-bond acceptors (Lipinski definition) is 4. The predicted octanol–water partition coefficient (Wildman–Crippen LogP) is 1.86. The minimum atomic E-state index is -0.796. The smallest absolute Gasteiger partial charge is 0.306 e. The number of carboxylic acid groups (broad SMARTS) is 1. The van der Waals surface area contributed by atoms with Gasteiger partial charge in [-0.15, -0.1) is 0 Å². The molecule has 1 saturated carbocycles. The Morgan fingerprint density at radius 3 is 2.62 bits per heavy atom. The minimum Gasteiger partial charge on any atom is -0.497 e. The first kappa shape index (κ1) is 16.0. The highest BCUT2D eigenvalue weighted by Crippen LogP contribution is 2.25. The van der Waals surface area contributed by atoms with Gasteiger partial charge in [0.25, 0.3) is 5.91 Å². The second-order valence-corrected chi connectivity index (χ2v) is 5.86. The summed E-state index contributed by atoms with van der Waals surface area (Å²) in [5.74, 6) is -0.695. The summed E-state index contributed by atoms with van der Waals surface area (Å²) in [5, 5.41) is 16.2. The maximum absolute atomic E-state index is 12.3. The van der Waals surface area contributed by atoms with Gasteiger partial charge in [-0.3, -0.25) is 9.59 Å². The number of hydrogen-bond donors (Lipinski definition) is 2. The summed E-state index contributed by atoms with van der Waals surface area (Å²) < 4.78 is 6.73. The molecule has 1 aromatic carbocycles. The molecule has 0 spiro atoms. The lowest BCUT2D eigenvalue weighted by atomic mass is 10.1. The molecule has 1 aromatic heterocycles. The van der Waals surface area contributed by atoms with Crippen LogP contribution in [0.5, 0.6) is 5.75 Å².